The monoisotopic (exact) mass is 1500 g/mol. The molecule has 0 fully saturated rings. The van der Waals surface area contributed by atoms with E-state index in [1.54, 1.807) is 0 Å². The van der Waals surface area contributed by atoms with Crippen molar-refractivity contribution in [2.75, 3.05) is 39.6 Å². The van der Waals surface area contributed by atoms with E-state index < -0.39 is 97.5 Å². The number of rotatable bonds is 75. The molecule has 5 atom stereocenters. The lowest BCUT2D eigenvalue weighted by Gasteiger charge is -2.21. The number of unbranched alkanes of at least 4 members (excludes halogenated alkanes) is 27. The highest BCUT2D eigenvalue weighted by Gasteiger charge is 2.30. The molecular formula is C85H144O17P2. The van der Waals surface area contributed by atoms with Crippen LogP contribution in [0, 0.1) is 0 Å². The Morgan fingerprint density at radius 3 is 0.827 bits per heavy atom. The summed E-state index contributed by atoms with van der Waals surface area (Å²) in [6, 6.07) is 0. The van der Waals surface area contributed by atoms with Gasteiger partial charge >= 0.3 is 39.5 Å². The van der Waals surface area contributed by atoms with Gasteiger partial charge in [0.05, 0.1) is 26.4 Å². The summed E-state index contributed by atoms with van der Waals surface area (Å²) in [4.78, 5) is 73.0. The zero-order valence-electron chi connectivity index (χ0n) is 65.2. The van der Waals surface area contributed by atoms with Crippen molar-refractivity contribution in [2.45, 2.75) is 341 Å². The second kappa shape index (κ2) is 76.4. The summed E-state index contributed by atoms with van der Waals surface area (Å²) in [5, 5.41) is 10.6. The largest absolute Gasteiger partial charge is 0.472 e. The van der Waals surface area contributed by atoms with Crippen molar-refractivity contribution in [1.29, 1.82) is 0 Å². The number of hydrogen-bond donors (Lipinski definition) is 3. The van der Waals surface area contributed by atoms with Crippen LogP contribution in [0.3, 0.4) is 0 Å². The molecule has 0 aromatic carbocycles. The van der Waals surface area contributed by atoms with Gasteiger partial charge in [0, 0.05) is 25.7 Å². The maximum Gasteiger partial charge on any atom is 0.472 e. The number of allylic oxidation sites excluding steroid dienone is 22. The molecule has 0 spiro atoms. The van der Waals surface area contributed by atoms with Crippen LogP contribution in [0.4, 0.5) is 0 Å². The van der Waals surface area contributed by atoms with E-state index in [0.717, 1.165) is 173 Å². The Bertz CT molecular complexity index is 2490. The lowest BCUT2D eigenvalue weighted by atomic mass is 10.1. The molecule has 17 nitrogen and oxygen atoms in total. The molecule has 0 saturated carbocycles. The molecule has 5 unspecified atom stereocenters. The van der Waals surface area contributed by atoms with Gasteiger partial charge in [0.2, 0.25) is 0 Å². The molecule has 0 aliphatic rings. The lowest BCUT2D eigenvalue weighted by Crippen LogP contribution is -2.30. The van der Waals surface area contributed by atoms with Crippen LogP contribution in [0.2, 0.25) is 0 Å². The summed E-state index contributed by atoms with van der Waals surface area (Å²) in [5.41, 5.74) is 0. The van der Waals surface area contributed by atoms with Crippen LogP contribution in [0.1, 0.15) is 323 Å². The van der Waals surface area contributed by atoms with Gasteiger partial charge in [0.1, 0.15) is 19.3 Å². The first-order chi connectivity index (χ1) is 50.7. The number of phosphoric acid groups is 2. The van der Waals surface area contributed by atoms with Gasteiger partial charge in [-0.05, 0) is 154 Å². The Kier molecular flexibility index (Phi) is 72.9. The van der Waals surface area contributed by atoms with Gasteiger partial charge in [-0.25, -0.2) is 9.13 Å². The molecule has 0 radical (unpaired) electrons. The van der Waals surface area contributed by atoms with E-state index in [0.29, 0.717) is 32.1 Å². The van der Waals surface area contributed by atoms with Gasteiger partial charge in [0.25, 0.3) is 0 Å². The normalized spacial score (nSPS) is 14.6. The number of phosphoric ester groups is 2. The Hall–Kier alpha value is -4.80. The smallest absolute Gasteiger partial charge is 0.462 e. The third kappa shape index (κ3) is 75.4. The van der Waals surface area contributed by atoms with E-state index in [-0.39, 0.29) is 25.7 Å². The van der Waals surface area contributed by atoms with Gasteiger partial charge in [-0.2, -0.15) is 0 Å². The van der Waals surface area contributed by atoms with Crippen LogP contribution in [0.5, 0.6) is 0 Å². The van der Waals surface area contributed by atoms with Crippen molar-refractivity contribution in [3.63, 3.8) is 0 Å². The van der Waals surface area contributed by atoms with Crippen LogP contribution in [-0.4, -0.2) is 96.7 Å². The second-order valence-electron chi connectivity index (χ2n) is 26.6. The number of aliphatic hydroxyl groups is 1. The third-order valence-electron chi connectivity index (χ3n) is 16.6. The van der Waals surface area contributed by atoms with Crippen LogP contribution in [0.25, 0.3) is 0 Å². The van der Waals surface area contributed by atoms with Gasteiger partial charge in [-0.15, -0.1) is 0 Å². The molecule has 0 aromatic heterocycles. The highest BCUT2D eigenvalue weighted by molar-refractivity contribution is 7.47. The molecular weight excluding hydrogens is 1350 g/mol. The minimum absolute atomic E-state index is 0.0704. The Morgan fingerprint density at radius 1 is 0.279 bits per heavy atom. The molecule has 0 aliphatic carbocycles. The third-order valence-corrected chi connectivity index (χ3v) is 18.5. The first-order valence-electron chi connectivity index (χ1n) is 40.4. The molecule has 0 rings (SSSR count). The standard InChI is InChI=1S/C85H144O17P2/c1-5-9-13-17-21-25-29-33-36-38-39-41-44-47-50-54-58-62-66-70-83(88)95-75-80(101-84(89)71-67-63-59-55-51-45-32-28-24-20-16-12-8-4)77-99-103(91,92)97-73-79(86)74-98-104(93,94)100-78-81(102-85(90)72-68-64-60-56-52-48-42-35-31-27-23-19-15-11-7-3)76-96-82(87)69-65-61-57-53-49-46-43-40-37-34-30-26-22-18-14-10-6-2/h9-10,13-14,21-22,25-26,28,32-37,39,41-43,46,53,57,79-81,86H,5-8,11-12,15-20,23-24,27,29-31,38,40,44-45,47-52,54-56,58-78H2,1-4H3,(H,91,92)(H,93,94)/b13-9-,14-10-,25-21-,26-22-,32-28-,36-33-,37-34-,41-39-,42-35-,46-43-,57-53-. The van der Waals surface area contributed by atoms with Gasteiger partial charge in [-0.3, -0.25) is 37.3 Å². The molecule has 0 amide bonds. The second-order valence-corrected chi connectivity index (χ2v) is 29.5. The molecule has 3 N–H and O–H groups in total. The molecule has 19 heteroatoms. The maximum atomic E-state index is 13.1. The summed E-state index contributed by atoms with van der Waals surface area (Å²) in [6.45, 7) is 4.55. The first kappa shape index (κ1) is 99.2. The molecule has 0 saturated heterocycles. The van der Waals surface area contributed by atoms with E-state index in [1.807, 2.05) is 12.2 Å². The van der Waals surface area contributed by atoms with Crippen LogP contribution < -0.4 is 0 Å². The molecule has 0 bridgehead atoms. The van der Waals surface area contributed by atoms with Gasteiger partial charge in [0.15, 0.2) is 12.2 Å². The fourth-order valence-corrected chi connectivity index (χ4v) is 12.1. The number of esters is 4. The summed E-state index contributed by atoms with van der Waals surface area (Å²) in [7, 11) is -9.98. The summed E-state index contributed by atoms with van der Waals surface area (Å²) in [6.07, 6.45) is 85.8. The number of hydrogen-bond acceptors (Lipinski definition) is 15. The molecule has 0 heterocycles. The topological polar surface area (TPSA) is 237 Å². The lowest BCUT2D eigenvalue weighted by molar-refractivity contribution is -0.161. The number of carbonyl (C=O) groups is 4. The molecule has 0 aromatic rings. The van der Waals surface area contributed by atoms with E-state index in [1.165, 1.54) is 64.2 Å². The summed E-state index contributed by atoms with van der Waals surface area (Å²) >= 11 is 0. The highest BCUT2D eigenvalue weighted by atomic mass is 31.2. The number of carbonyl (C=O) groups excluding carboxylic acids is 4. The average molecular weight is 1500 g/mol. The predicted molar refractivity (Wildman–Crippen MR) is 427 cm³/mol. The molecule has 596 valence electrons. The molecule has 0 aliphatic heterocycles. The van der Waals surface area contributed by atoms with Crippen molar-refractivity contribution < 1.29 is 80.2 Å². The zero-order chi connectivity index (χ0) is 76.0. The quantitative estimate of drug-likeness (QED) is 0.0169. The minimum Gasteiger partial charge on any atom is -0.462 e. The van der Waals surface area contributed by atoms with Crippen molar-refractivity contribution in [2.24, 2.45) is 0 Å². The number of aliphatic hydroxyl groups excluding tert-OH is 1. The predicted octanol–water partition coefficient (Wildman–Crippen LogP) is 23.7. The molecule has 104 heavy (non-hydrogen) atoms. The maximum absolute atomic E-state index is 13.1. The Balaban J connectivity index is 5.41. The van der Waals surface area contributed by atoms with Gasteiger partial charge in [-0.1, -0.05) is 277 Å². The average Bonchev–Trinajstić information content (AvgIpc) is 0.939. The highest BCUT2D eigenvalue weighted by Crippen LogP contribution is 2.45. The summed E-state index contributed by atoms with van der Waals surface area (Å²) in [5.74, 6) is -2.27. The fourth-order valence-electron chi connectivity index (χ4n) is 10.5. The zero-order valence-corrected chi connectivity index (χ0v) is 66.9. The van der Waals surface area contributed by atoms with Crippen LogP contribution in [0.15, 0.2) is 134 Å². The van der Waals surface area contributed by atoms with E-state index in [2.05, 4.69) is 149 Å². The Morgan fingerprint density at radius 2 is 0.510 bits per heavy atom. The fraction of sp³-hybridized carbons (Fsp3) is 0.694. The Labute approximate surface area is 631 Å². The first-order valence-corrected chi connectivity index (χ1v) is 43.4. The van der Waals surface area contributed by atoms with Gasteiger partial charge < -0.3 is 33.8 Å². The van der Waals surface area contributed by atoms with Crippen LogP contribution in [-0.2, 0) is 65.4 Å². The van der Waals surface area contributed by atoms with E-state index in [9.17, 15) is 43.2 Å². The SMILES string of the molecule is CC/C=C\C/C=C\C/C=C\C/C=C\C/C=C\CCCC(=O)OCC(COP(=O)(O)OCC(O)COP(=O)(O)OCC(COC(=O)CCCCCCCC/C=C\C/C=C\C/C=C\C/C=C\CC)OC(=O)CCCCCCC/C=C\CCCCCC)OC(=O)CCCCCCC/C=C\CCCCCCCC. The van der Waals surface area contributed by atoms with E-state index >= 15 is 0 Å². The van der Waals surface area contributed by atoms with Crippen molar-refractivity contribution >= 4 is 39.5 Å². The van der Waals surface area contributed by atoms with Crippen molar-refractivity contribution in [3.8, 4) is 0 Å². The van der Waals surface area contributed by atoms with Crippen molar-refractivity contribution in [3.05, 3.63) is 134 Å². The number of ether oxygens (including phenoxy) is 4. The van der Waals surface area contributed by atoms with Crippen molar-refractivity contribution in [1.82, 2.24) is 0 Å². The minimum atomic E-state index is -5.00. The summed E-state index contributed by atoms with van der Waals surface area (Å²) < 4.78 is 68.6. The van der Waals surface area contributed by atoms with E-state index in [4.69, 9.17) is 37.0 Å². The van der Waals surface area contributed by atoms with Crippen LogP contribution >= 0.6 is 15.6 Å².